The molecule has 0 aromatic carbocycles. The number of nitrogens with one attached hydrogen (secondary N) is 2. The topological polar surface area (TPSA) is 109 Å². The number of hydrogen-bond donors (Lipinski definition) is 3. The second-order valence-electron chi connectivity index (χ2n) is 4.19. The van der Waals surface area contributed by atoms with Gasteiger partial charge in [0.05, 0.1) is 12.3 Å². The number of nitrogens with zero attached hydrogens (tertiary/aromatic N) is 3. The Bertz CT molecular complexity index is 427. The lowest BCUT2D eigenvalue weighted by Crippen LogP contribution is -2.43. The second-order valence-corrected chi connectivity index (χ2v) is 4.19. The highest BCUT2D eigenvalue weighted by molar-refractivity contribution is 5.94. The van der Waals surface area contributed by atoms with Gasteiger partial charge in [0.2, 0.25) is 5.91 Å². The average Bonchev–Trinajstić information content (AvgIpc) is 2.63. The van der Waals surface area contributed by atoms with E-state index in [9.17, 15) is 14.7 Å². The summed E-state index contributed by atoms with van der Waals surface area (Å²) in [5.41, 5.74) is 0.370. The second kappa shape index (κ2) is 6.10. The molecule has 0 bridgehead atoms. The van der Waals surface area contributed by atoms with E-state index >= 15 is 0 Å². The van der Waals surface area contributed by atoms with Crippen LogP contribution in [0.3, 0.4) is 0 Å². The zero-order chi connectivity index (χ0) is 13.7. The number of carbonyl (C=O) groups is 2. The van der Waals surface area contributed by atoms with Crippen LogP contribution in [0.15, 0.2) is 6.20 Å². The lowest BCUT2D eigenvalue weighted by Gasteiger charge is -2.08. The Morgan fingerprint density at radius 3 is 2.61 bits per heavy atom. The number of hydrogen-bond acceptors (Lipinski definition) is 5. The van der Waals surface area contributed by atoms with Crippen molar-refractivity contribution in [3.05, 3.63) is 11.9 Å². The van der Waals surface area contributed by atoms with Gasteiger partial charge in [0.25, 0.3) is 0 Å². The molecule has 0 radical (unpaired) electrons. The Hall–Kier alpha value is -1.96. The summed E-state index contributed by atoms with van der Waals surface area (Å²) in [5, 5.41) is 21.3. The number of aromatic nitrogens is 3. The van der Waals surface area contributed by atoms with Gasteiger partial charge in [0, 0.05) is 6.04 Å². The van der Waals surface area contributed by atoms with Gasteiger partial charge in [-0.2, -0.15) is 0 Å². The van der Waals surface area contributed by atoms with Crippen LogP contribution in [0.25, 0.3) is 0 Å². The van der Waals surface area contributed by atoms with E-state index in [-0.39, 0.29) is 12.6 Å². The standard InChI is InChI=1S/C10H17N5O3/c1-6(2)11-10(18)12-9(17)5-15-4-8(7(3)16)13-14-15/h4,6-7,16H,5H2,1-3H3,(H2,11,12,17,18). The lowest BCUT2D eigenvalue weighted by molar-refractivity contribution is -0.120. The molecule has 0 saturated carbocycles. The van der Waals surface area contributed by atoms with Gasteiger partial charge in [0.1, 0.15) is 12.2 Å². The number of imide groups is 1. The van der Waals surface area contributed by atoms with E-state index in [0.717, 1.165) is 0 Å². The maximum absolute atomic E-state index is 11.5. The van der Waals surface area contributed by atoms with E-state index in [1.54, 1.807) is 20.8 Å². The molecular formula is C10H17N5O3. The molecule has 3 N–H and O–H groups in total. The van der Waals surface area contributed by atoms with Crippen molar-refractivity contribution in [1.29, 1.82) is 0 Å². The molecule has 0 aliphatic rings. The fraction of sp³-hybridized carbons (Fsp3) is 0.600. The zero-order valence-corrected chi connectivity index (χ0v) is 10.5. The van der Waals surface area contributed by atoms with Crippen LogP contribution in [-0.4, -0.2) is 38.1 Å². The highest BCUT2D eigenvalue weighted by Gasteiger charge is 2.11. The van der Waals surface area contributed by atoms with Gasteiger partial charge in [-0.15, -0.1) is 5.10 Å². The Balaban J connectivity index is 2.46. The molecule has 8 nitrogen and oxygen atoms in total. The van der Waals surface area contributed by atoms with Crippen molar-refractivity contribution < 1.29 is 14.7 Å². The third kappa shape index (κ3) is 4.50. The van der Waals surface area contributed by atoms with Gasteiger partial charge in [-0.1, -0.05) is 5.21 Å². The SMILES string of the molecule is CC(C)NC(=O)NC(=O)Cn1cc(C(C)O)nn1. The summed E-state index contributed by atoms with van der Waals surface area (Å²) in [6.07, 6.45) is 0.705. The first-order valence-electron chi connectivity index (χ1n) is 5.57. The lowest BCUT2D eigenvalue weighted by atomic mass is 10.3. The van der Waals surface area contributed by atoms with Crippen molar-refractivity contribution in [2.24, 2.45) is 0 Å². The molecule has 0 aliphatic carbocycles. The van der Waals surface area contributed by atoms with E-state index in [1.165, 1.54) is 10.9 Å². The van der Waals surface area contributed by atoms with Crippen molar-refractivity contribution in [3.63, 3.8) is 0 Å². The van der Waals surface area contributed by atoms with Crippen LogP contribution in [0.1, 0.15) is 32.6 Å². The summed E-state index contributed by atoms with van der Waals surface area (Å²) in [5.74, 6) is -0.504. The number of aliphatic hydroxyl groups is 1. The Kier molecular flexibility index (Phi) is 4.78. The number of carbonyl (C=O) groups excluding carboxylic acids is 2. The van der Waals surface area contributed by atoms with Crippen LogP contribution in [0.2, 0.25) is 0 Å². The highest BCUT2D eigenvalue weighted by Crippen LogP contribution is 2.05. The molecule has 1 heterocycles. The molecule has 1 rings (SSSR count). The molecule has 18 heavy (non-hydrogen) atoms. The van der Waals surface area contributed by atoms with Crippen molar-refractivity contribution in [2.45, 2.75) is 39.5 Å². The minimum Gasteiger partial charge on any atom is -0.387 e. The number of urea groups is 1. The molecule has 1 aromatic rings. The third-order valence-corrected chi connectivity index (χ3v) is 1.96. The molecule has 1 atom stereocenters. The van der Waals surface area contributed by atoms with Crippen molar-refractivity contribution in [3.8, 4) is 0 Å². The molecule has 8 heteroatoms. The largest absolute Gasteiger partial charge is 0.387 e. The monoisotopic (exact) mass is 255 g/mol. The van der Waals surface area contributed by atoms with E-state index in [2.05, 4.69) is 20.9 Å². The minimum atomic E-state index is -0.744. The molecular weight excluding hydrogens is 238 g/mol. The number of rotatable bonds is 4. The summed E-state index contributed by atoms with van der Waals surface area (Å²) in [7, 11) is 0. The molecule has 0 fully saturated rings. The fourth-order valence-electron chi connectivity index (χ4n) is 1.19. The van der Waals surface area contributed by atoms with Crippen molar-refractivity contribution in [2.75, 3.05) is 0 Å². The van der Waals surface area contributed by atoms with Crippen LogP contribution in [0.5, 0.6) is 0 Å². The minimum absolute atomic E-state index is 0.0500. The maximum atomic E-state index is 11.5. The van der Waals surface area contributed by atoms with E-state index in [4.69, 9.17) is 0 Å². The van der Waals surface area contributed by atoms with Crippen molar-refractivity contribution >= 4 is 11.9 Å². The van der Waals surface area contributed by atoms with Crippen LogP contribution in [0.4, 0.5) is 4.79 Å². The number of amides is 3. The summed E-state index contributed by atoms with van der Waals surface area (Å²) < 4.78 is 1.25. The van der Waals surface area contributed by atoms with Crippen LogP contribution in [-0.2, 0) is 11.3 Å². The van der Waals surface area contributed by atoms with Crippen LogP contribution < -0.4 is 10.6 Å². The Labute approximate surface area is 104 Å². The first kappa shape index (κ1) is 14.1. The summed E-state index contributed by atoms with van der Waals surface area (Å²) in [6, 6.07) is -0.600. The Morgan fingerprint density at radius 1 is 1.44 bits per heavy atom. The molecule has 0 spiro atoms. The van der Waals surface area contributed by atoms with Crippen LogP contribution in [0, 0.1) is 0 Å². The van der Waals surface area contributed by atoms with Crippen molar-refractivity contribution in [1.82, 2.24) is 25.6 Å². The Morgan fingerprint density at radius 2 is 2.11 bits per heavy atom. The summed E-state index contributed by atoms with van der Waals surface area (Å²) >= 11 is 0. The van der Waals surface area contributed by atoms with E-state index in [1.807, 2.05) is 0 Å². The highest BCUT2D eigenvalue weighted by atomic mass is 16.3. The van der Waals surface area contributed by atoms with Gasteiger partial charge in [-0.25, -0.2) is 9.48 Å². The van der Waals surface area contributed by atoms with Crippen LogP contribution >= 0.6 is 0 Å². The van der Waals surface area contributed by atoms with Gasteiger partial charge >= 0.3 is 6.03 Å². The zero-order valence-electron chi connectivity index (χ0n) is 10.5. The maximum Gasteiger partial charge on any atom is 0.321 e. The smallest absolute Gasteiger partial charge is 0.321 e. The molecule has 1 unspecified atom stereocenters. The summed E-state index contributed by atoms with van der Waals surface area (Å²) in [4.78, 5) is 22.7. The predicted molar refractivity (Wildman–Crippen MR) is 62.5 cm³/mol. The predicted octanol–water partition coefficient (Wildman–Crippen LogP) is -0.434. The normalized spacial score (nSPS) is 12.3. The first-order valence-corrected chi connectivity index (χ1v) is 5.57. The average molecular weight is 255 g/mol. The molecule has 100 valence electrons. The first-order chi connectivity index (χ1) is 8.38. The summed E-state index contributed by atoms with van der Waals surface area (Å²) in [6.45, 7) is 4.99. The molecule has 0 saturated heterocycles. The molecule has 1 aromatic heterocycles. The van der Waals surface area contributed by atoms with Gasteiger partial charge < -0.3 is 10.4 Å². The fourth-order valence-corrected chi connectivity index (χ4v) is 1.19. The molecule has 3 amide bonds. The molecule has 0 aliphatic heterocycles. The van der Waals surface area contributed by atoms with Gasteiger partial charge in [0.15, 0.2) is 0 Å². The van der Waals surface area contributed by atoms with Gasteiger partial charge in [-0.3, -0.25) is 10.1 Å². The van der Waals surface area contributed by atoms with E-state index < -0.39 is 18.0 Å². The van der Waals surface area contributed by atoms with Gasteiger partial charge in [-0.05, 0) is 20.8 Å². The van der Waals surface area contributed by atoms with E-state index in [0.29, 0.717) is 5.69 Å². The third-order valence-electron chi connectivity index (χ3n) is 1.96. The number of aliphatic hydroxyl groups excluding tert-OH is 1. The quantitative estimate of drug-likeness (QED) is 0.676.